The number of rotatable bonds is 5. The average molecular weight is 274 g/mol. The maximum Gasteiger partial charge on any atom is 0.151 e. The van der Waals surface area contributed by atoms with Gasteiger partial charge in [0.25, 0.3) is 0 Å². The molecule has 1 aliphatic rings. The van der Waals surface area contributed by atoms with Crippen LogP contribution in [-0.4, -0.2) is 31.5 Å². The minimum atomic E-state index is 0.852. The van der Waals surface area contributed by atoms with Gasteiger partial charge in [0.2, 0.25) is 0 Å². The van der Waals surface area contributed by atoms with Crippen molar-refractivity contribution in [1.82, 2.24) is 30.3 Å². The van der Waals surface area contributed by atoms with Gasteiger partial charge in [-0.15, -0.1) is 0 Å². The molecule has 0 unspecified atom stereocenters. The van der Waals surface area contributed by atoms with Crippen LogP contribution < -0.4 is 5.32 Å². The van der Waals surface area contributed by atoms with Crippen LogP contribution in [0.2, 0.25) is 0 Å². The fraction of sp³-hybridized carbons (Fsp3) is 0.643. The predicted molar refractivity (Wildman–Crippen MR) is 76.4 cm³/mol. The van der Waals surface area contributed by atoms with Gasteiger partial charge in [-0.3, -0.25) is 9.78 Å². The number of aryl methyl sites for hydroxylation is 3. The molecule has 2 N–H and O–H groups in total. The van der Waals surface area contributed by atoms with Crippen LogP contribution in [0.5, 0.6) is 0 Å². The molecule has 0 aliphatic heterocycles. The van der Waals surface area contributed by atoms with E-state index in [0.717, 1.165) is 37.6 Å². The van der Waals surface area contributed by atoms with Crippen molar-refractivity contribution in [1.29, 1.82) is 0 Å². The fourth-order valence-corrected chi connectivity index (χ4v) is 2.88. The lowest BCUT2D eigenvalue weighted by Gasteiger charge is -2.11. The number of nitrogens with one attached hydrogen (secondary N) is 2. The summed E-state index contributed by atoms with van der Waals surface area (Å²) in [7, 11) is 2.05. The van der Waals surface area contributed by atoms with E-state index in [1.165, 1.54) is 36.2 Å². The second-order valence-electron chi connectivity index (χ2n) is 5.47. The summed E-state index contributed by atoms with van der Waals surface area (Å²) in [6, 6.07) is 0. The number of hydrogen-bond donors (Lipinski definition) is 2. The molecule has 0 atom stereocenters. The van der Waals surface area contributed by atoms with Crippen LogP contribution in [0.4, 0.5) is 0 Å². The molecule has 0 fully saturated rings. The molecule has 2 aromatic heterocycles. The number of nitrogens with zero attached hydrogens (tertiary/aromatic N) is 4. The zero-order valence-corrected chi connectivity index (χ0v) is 12.2. The van der Waals surface area contributed by atoms with Crippen molar-refractivity contribution < 1.29 is 0 Å². The van der Waals surface area contributed by atoms with E-state index in [1.807, 2.05) is 18.7 Å². The third kappa shape index (κ3) is 2.75. The molecule has 6 nitrogen and oxygen atoms in total. The van der Waals surface area contributed by atoms with E-state index >= 15 is 0 Å². The molecule has 3 rings (SSSR count). The molecule has 0 spiro atoms. The largest absolute Gasteiger partial charge is 0.311 e. The van der Waals surface area contributed by atoms with Gasteiger partial charge in [0.1, 0.15) is 5.82 Å². The normalized spacial score (nSPS) is 14.5. The Morgan fingerprint density at radius 3 is 2.95 bits per heavy atom. The molecule has 2 heterocycles. The first-order chi connectivity index (χ1) is 9.74. The van der Waals surface area contributed by atoms with E-state index in [9.17, 15) is 0 Å². The van der Waals surface area contributed by atoms with Gasteiger partial charge in [-0.2, -0.15) is 10.2 Å². The van der Waals surface area contributed by atoms with Crippen LogP contribution in [0.3, 0.4) is 0 Å². The van der Waals surface area contributed by atoms with Crippen LogP contribution in [0.25, 0.3) is 0 Å². The Bertz CT molecular complexity index is 582. The first kappa shape index (κ1) is 13.3. The monoisotopic (exact) mass is 274 g/mol. The molecule has 2 aromatic rings. The first-order valence-corrected chi connectivity index (χ1v) is 7.36. The van der Waals surface area contributed by atoms with Crippen LogP contribution in [0.15, 0.2) is 0 Å². The maximum atomic E-state index is 4.64. The summed E-state index contributed by atoms with van der Waals surface area (Å²) in [5.41, 5.74) is 4.12. The SMILES string of the molecule is Cc1nc(CCNCc2c3c(nn2C)CCCC3)n[nH]1. The van der Waals surface area contributed by atoms with Gasteiger partial charge in [-0.1, -0.05) is 0 Å². The summed E-state index contributed by atoms with van der Waals surface area (Å²) in [5, 5.41) is 15.1. The van der Waals surface area contributed by atoms with Crippen molar-refractivity contribution >= 4 is 0 Å². The zero-order chi connectivity index (χ0) is 13.9. The Kier molecular flexibility index (Phi) is 3.82. The second kappa shape index (κ2) is 5.75. The molecule has 1 aliphatic carbocycles. The van der Waals surface area contributed by atoms with Crippen LogP contribution >= 0.6 is 0 Å². The summed E-state index contributed by atoms with van der Waals surface area (Å²) in [6.07, 6.45) is 5.74. The van der Waals surface area contributed by atoms with Crippen LogP contribution in [-0.2, 0) is 32.9 Å². The van der Waals surface area contributed by atoms with Crippen molar-refractivity contribution in [3.63, 3.8) is 0 Å². The van der Waals surface area contributed by atoms with Crippen molar-refractivity contribution in [2.45, 2.75) is 45.6 Å². The highest BCUT2D eigenvalue weighted by Crippen LogP contribution is 2.23. The third-order valence-electron chi connectivity index (χ3n) is 3.91. The Balaban J connectivity index is 1.55. The highest BCUT2D eigenvalue weighted by atomic mass is 15.3. The Hall–Kier alpha value is -1.69. The van der Waals surface area contributed by atoms with E-state index in [0.29, 0.717) is 0 Å². The standard InChI is InChI=1S/C14H22N6/c1-10-16-14(18-17-10)7-8-15-9-13-11-5-3-4-6-12(11)19-20(13)2/h15H,3-9H2,1-2H3,(H,16,17,18). The third-order valence-corrected chi connectivity index (χ3v) is 3.91. The summed E-state index contributed by atoms with van der Waals surface area (Å²) in [4.78, 5) is 4.31. The summed E-state index contributed by atoms with van der Waals surface area (Å²) >= 11 is 0. The Morgan fingerprint density at radius 1 is 1.30 bits per heavy atom. The minimum absolute atomic E-state index is 0.852. The maximum absolute atomic E-state index is 4.64. The summed E-state index contributed by atoms with van der Waals surface area (Å²) < 4.78 is 2.04. The van der Waals surface area contributed by atoms with E-state index < -0.39 is 0 Å². The smallest absolute Gasteiger partial charge is 0.151 e. The van der Waals surface area contributed by atoms with Gasteiger partial charge in [-0.05, 0) is 38.2 Å². The molecule has 0 radical (unpaired) electrons. The average Bonchev–Trinajstić information content (AvgIpc) is 2.98. The van der Waals surface area contributed by atoms with Gasteiger partial charge >= 0.3 is 0 Å². The van der Waals surface area contributed by atoms with Gasteiger partial charge in [0, 0.05) is 26.6 Å². The highest BCUT2D eigenvalue weighted by Gasteiger charge is 2.18. The number of aromatic nitrogens is 5. The molecular weight excluding hydrogens is 252 g/mol. The van der Waals surface area contributed by atoms with Crippen molar-refractivity contribution in [2.75, 3.05) is 6.54 Å². The molecule has 0 aromatic carbocycles. The van der Waals surface area contributed by atoms with Gasteiger partial charge in [0.05, 0.1) is 11.4 Å². The molecule has 0 saturated carbocycles. The fourth-order valence-electron chi connectivity index (χ4n) is 2.88. The second-order valence-corrected chi connectivity index (χ2v) is 5.47. The van der Waals surface area contributed by atoms with Gasteiger partial charge in [-0.25, -0.2) is 4.98 Å². The van der Waals surface area contributed by atoms with Gasteiger partial charge in [0.15, 0.2) is 5.82 Å². The lowest BCUT2D eigenvalue weighted by molar-refractivity contribution is 0.614. The summed E-state index contributed by atoms with van der Waals surface area (Å²) in [6.45, 7) is 3.69. The lowest BCUT2D eigenvalue weighted by atomic mass is 9.96. The Labute approximate surface area is 119 Å². The predicted octanol–water partition coefficient (Wildman–Crippen LogP) is 1.06. The number of hydrogen-bond acceptors (Lipinski definition) is 4. The minimum Gasteiger partial charge on any atom is -0.311 e. The van der Waals surface area contributed by atoms with E-state index in [1.54, 1.807) is 0 Å². The summed E-state index contributed by atoms with van der Waals surface area (Å²) in [5.74, 6) is 1.75. The first-order valence-electron chi connectivity index (χ1n) is 7.36. The van der Waals surface area contributed by atoms with E-state index in [2.05, 4.69) is 25.6 Å². The van der Waals surface area contributed by atoms with E-state index in [4.69, 9.17) is 0 Å². The van der Waals surface area contributed by atoms with Crippen LogP contribution in [0, 0.1) is 6.92 Å². The lowest BCUT2D eigenvalue weighted by Crippen LogP contribution is -2.20. The molecular formula is C14H22N6. The van der Waals surface area contributed by atoms with Crippen molar-refractivity contribution in [3.05, 3.63) is 28.6 Å². The van der Waals surface area contributed by atoms with Crippen molar-refractivity contribution in [3.8, 4) is 0 Å². The van der Waals surface area contributed by atoms with Gasteiger partial charge < -0.3 is 5.32 Å². The molecule has 6 heteroatoms. The number of H-pyrrole nitrogens is 1. The highest BCUT2D eigenvalue weighted by molar-refractivity contribution is 5.28. The topological polar surface area (TPSA) is 71.4 Å². The molecule has 0 saturated heterocycles. The number of fused-ring (bicyclic) bond motifs is 1. The molecule has 20 heavy (non-hydrogen) atoms. The Morgan fingerprint density at radius 2 is 2.15 bits per heavy atom. The zero-order valence-electron chi connectivity index (χ0n) is 12.2. The molecule has 0 bridgehead atoms. The quantitative estimate of drug-likeness (QED) is 0.800. The van der Waals surface area contributed by atoms with Crippen molar-refractivity contribution in [2.24, 2.45) is 7.05 Å². The number of aromatic amines is 1. The van der Waals surface area contributed by atoms with Crippen LogP contribution in [0.1, 0.15) is 41.4 Å². The molecule has 0 amide bonds. The molecule has 108 valence electrons. The van der Waals surface area contributed by atoms with E-state index in [-0.39, 0.29) is 0 Å².